The number of pyridine rings is 2. The third kappa shape index (κ3) is 4.11. The van der Waals surface area contributed by atoms with Gasteiger partial charge in [-0.15, -0.1) is 0 Å². The number of hydrogen-bond donors (Lipinski definition) is 3. The highest BCUT2D eigenvalue weighted by Crippen LogP contribution is 2.34. The molecule has 0 saturated carbocycles. The fourth-order valence-electron chi connectivity index (χ4n) is 3.67. The second kappa shape index (κ2) is 8.51. The lowest BCUT2D eigenvalue weighted by atomic mass is 10.0. The summed E-state index contributed by atoms with van der Waals surface area (Å²) in [5, 5.41) is 3.07. The molecule has 164 valence electrons. The van der Waals surface area contributed by atoms with Crippen molar-refractivity contribution < 1.29 is 13.2 Å². The average molecular weight is 456 g/mol. The van der Waals surface area contributed by atoms with Gasteiger partial charge in [-0.05, 0) is 35.7 Å². The highest BCUT2D eigenvalue weighted by molar-refractivity contribution is 7.71. The molecule has 0 aliphatic heterocycles. The van der Waals surface area contributed by atoms with E-state index in [-0.39, 0.29) is 10.8 Å². The van der Waals surface area contributed by atoms with Crippen molar-refractivity contribution in [2.24, 2.45) is 0 Å². The lowest BCUT2D eigenvalue weighted by Gasteiger charge is -2.18. The van der Waals surface area contributed by atoms with Gasteiger partial charge >= 0.3 is 6.18 Å². The molecule has 2 aromatic carbocycles. The predicted molar refractivity (Wildman–Crippen MR) is 123 cm³/mol. The molecule has 0 atom stereocenters. The summed E-state index contributed by atoms with van der Waals surface area (Å²) in [6.45, 7) is 0.389. The van der Waals surface area contributed by atoms with E-state index in [9.17, 15) is 18.0 Å². The molecule has 4 rings (SSSR count). The minimum Gasteiger partial charge on any atom is -0.395 e. The average Bonchev–Trinajstić information content (AvgIpc) is 2.76. The number of para-hydroxylation sites is 1. The predicted octanol–water partition coefficient (Wildman–Crippen LogP) is 5.30. The smallest absolute Gasteiger partial charge is 0.395 e. The zero-order chi connectivity index (χ0) is 22.9. The van der Waals surface area contributed by atoms with Crippen LogP contribution in [-0.2, 0) is 12.6 Å². The summed E-state index contributed by atoms with van der Waals surface area (Å²) >= 11 is 5.12. The number of benzene rings is 2. The molecule has 32 heavy (non-hydrogen) atoms. The van der Waals surface area contributed by atoms with Crippen LogP contribution in [0.25, 0.3) is 16.5 Å². The maximum atomic E-state index is 13.6. The maximum absolute atomic E-state index is 13.6. The number of nitrogens with one attached hydrogen (secondary N) is 2. The van der Waals surface area contributed by atoms with Gasteiger partial charge in [0.25, 0.3) is 5.56 Å². The normalized spacial score (nSPS) is 11.6. The van der Waals surface area contributed by atoms with Crippen molar-refractivity contribution in [3.05, 3.63) is 93.1 Å². The van der Waals surface area contributed by atoms with Crippen molar-refractivity contribution in [2.45, 2.75) is 12.6 Å². The molecule has 0 saturated heterocycles. The summed E-state index contributed by atoms with van der Waals surface area (Å²) in [6.07, 6.45) is -2.61. The van der Waals surface area contributed by atoms with Crippen LogP contribution in [0, 0.1) is 4.64 Å². The highest BCUT2D eigenvalue weighted by atomic mass is 32.1. The number of H-pyrrole nitrogens is 1. The highest BCUT2D eigenvalue weighted by Gasteiger charge is 2.34. The van der Waals surface area contributed by atoms with Gasteiger partial charge in [0.15, 0.2) is 0 Å². The third-order valence-corrected chi connectivity index (χ3v) is 5.48. The van der Waals surface area contributed by atoms with Crippen LogP contribution in [0.15, 0.2) is 71.7 Å². The van der Waals surface area contributed by atoms with Gasteiger partial charge in [0, 0.05) is 30.5 Å². The maximum Gasteiger partial charge on any atom is 0.417 e. The van der Waals surface area contributed by atoms with Gasteiger partial charge in [0.05, 0.1) is 22.3 Å². The SMILES string of the molecule is Nc1c(NCCc2cc3cccc(C(F)(F)F)c3c(=O)n2-c2ccccc2)cc[nH]c1=S. The van der Waals surface area contributed by atoms with Gasteiger partial charge in [-0.25, -0.2) is 0 Å². The number of hydrogen-bond acceptors (Lipinski definition) is 4. The summed E-state index contributed by atoms with van der Waals surface area (Å²) in [6, 6.07) is 15.8. The molecule has 0 fully saturated rings. The van der Waals surface area contributed by atoms with Gasteiger partial charge in [-0.3, -0.25) is 9.36 Å². The first kappa shape index (κ1) is 21.6. The number of rotatable bonds is 5. The van der Waals surface area contributed by atoms with E-state index in [1.54, 1.807) is 48.7 Å². The minimum atomic E-state index is -4.64. The van der Waals surface area contributed by atoms with Crippen molar-refractivity contribution in [3.8, 4) is 5.69 Å². The van der Waals surface area contributed by atoms with Crippen LogP contribution >= 0.6 is 12.2 Å². The Hall–Kier alpha value is -3.59. The Kier molecular flexibility index (Phi) is 5.75. The molecule has 5 nitrogen and oxygen atoms in total. The fourth-order valence-corrected chi connectivity index (χ4v) is 3.84. The number of alkyl halides is 3. The number of aromatic nitrogens is 2. The molecule has 0 amide bonds. The van der Waals surface area contributed by atoms with Gasteiger partial charge in [0.1, 0.15) is 4.64 Å². The third-order valence-electron chi connectivity index (χ3n) is 5.14. The van der Waals surface area contributed by atoms with Gasteiger partial charge < -0.3 is 16.0 Å². The Bertz CT molecular complexity index is 1390. The second-order valence-corrected chi connectivity index (χ2v) is 7.60. The van der Waals surface area contributed by atoms with Crippen LogP contribution in [0.1, 0.15) is 11.3 Å². The van der Waals surface area contributed by atoms with E-state index >= 15 is 0 Å². The number of nitrogen functional groups attached to an aromatic ring is 1. The van der Waals surface area contributed by atoms with E-state index < -0.39 is 17.3 Å². The summed E-state index contributed by atoms with van der Waals surface area (Å²) in [7, 11) is 0. The molecule has 0 aliphatic carbocycles. The molecule has 0 bridgehead atoms. The Balaban J connectivity index is 1.82. The first-order valence-electron chi connectivity index (χ1n) is 9.78. The van der Waals surface area contributed by atoms with Crippen molar-refractivity contribution >= 4 is 34.4 Å². The van der Waals surface area contributed by atoms with Crippen LogP contribution in [0.3, 0.4) is 0 Å². The van der Waals surface area contributed by atoms with Crippen LogP contribution in [0.5, 0.6) is 0 Å². The number of halogens is 3. The summed E-state index contributed by atoms with van der Waals surface area (Å²) < 4.78 is 42.6. The molecule has 9 heteroatoms. The molecule has 0 aliphatic rings. The van der Waals surface area contributed by atoms with Gasteiger partial charge in [0.2, 0.25) is 0 Å². The van der Waals surface area contributed by atoms with E-state index in [0.29, 0.717) is 40.4 Å². The van der Waals surface area contributed by atoms with E-state index in [1.807, 2.05) is 0 Å². The van der Waals surface area contributed by atoms with Gasteiger partial charge in [-0.1, -0.05) is 42.5 Å². The molecule has 0 unspecified atom stereocenters. The monoisotopic (exact) mass is 456 g/mol. The Morgan fingerprint density at radius 2 is 1.81 bits per heavy atom. The van der Waals surface area contributed by atoms with Crippen molar-refractivity contribution in [2.75, 3.05) is 17.6 Å². The van der Waals surface area contributed by atoms with Crippen molar-refractivity contribution in [1.29, 1.82) is 0 Å². The van der Waals surface area contributed by atoms with Crippen LogP contribution < -0.4 is 16.6 Å². The van der Waals surface area contributed by atoms with Crippen molar-refractivity contribution in [3.63, 3.8) is 0 Å². The van der Waals surface area contributed by atoms with E-state index in [2.05, 4.69) is 10.3 Å². The topological polar surface area (TPSA) is 75.8 Å². The number of aromatic amines is 1. The van der Waals surface area contributed by atoms with E-state index in [1.165, 1.54) is 16.7 Å². The summed E-state index contributed by atoms with van der Waals surface area (Å²) in [5.74, 6) is 0. The molecular formula is C23H19F3N4OS. The van der Waals surface area contributed by atoms with Crippen molar-refractivity contribution in [1.82, 2.24) is 9.55 Å². The molecular weight excluding hydrogens is 437 g/mol. The minimum absolute atomic E-state index is 0.244. The van der Waals surface area contributed by atoms with E-state index in [4.69, 9.17) is 18.0 Å². The number of anilines is 2. The molecule has 2 heterocycles. The molecule has 4 aromatic rings. The fraction of sp³-hybridized carbons (Fsp3) is 0.130. The Morgan fingerprint density at radius 1 is 1.06 bits per heavy atom. The van der Waals surface area contributed by atoms with Crippen LogP contribution in [0.4, 0.5) is 24.5 Å². The molecule has 0 spiro atoms. The number of fused-ring (bicyclic) bond motifs is 1. The second-order valence-electron chi connectivity index (χ2n) is 7.19. The number of nitrogens with zero attached hydrogens (tertiary/aromatic N) is 1. The number of nitrogens with two attached hydrogens (primary N) is 1. The Labute approximate surface area is 186 Å². The zero-order valence-corrected chi connectivity index (χ0v) is 17.6. The first-order chi connectivity index (χ1) is 15.3. The lowest BCUT2D eigenvalue weighted by Crippen LogP contribution is -2.25. The summed E-state index contributed by atoms with van der Waals surface area (Å²) in [4.78, 5) is 16.2. The summed E-state index contributed by atoms with van der Waals surface area (Å²) in [5.41, 5.74) is 6.43. The zero-order valence-electron chi connectivity index (χ0n) is 16.7. The molecule has 2 aromatic heterocycles. The quantitative estimate of drug-likeness (QED) is 0.356. The largest absolute Gasteiger partial charge is 0.417 e. The molecule has 4 N–H and O–H groups in total. The van der Waals surface area contributed by atoms with Crippen LogP contribution in [-0.4, -0.2) is 16.1 Å². The van der Waals surface area contributed by atoms with Crippen LogP contribution in [0.2, 0.25) is 0 Å². The van der Waals surface area contributed by atoms with Gasteiger partial charge in [-0.2, -0.15) is 13.2 Å². The Morgan fingerprint density at radius 3 is 2.53 bits per heavy atom. The van der Waals surface area contributed by atoms with E-state index in [0.717, 1.165) is 6.07 Å². The first-order valence-corrected chi connectivity index (χ1v) is 10.2. The lowest BCUT2D eigenvalue weighted by molar-refractivity contribution is -0.136. The molecule has 0 radical (unpaired) electrons. The standard InChI is InChI=1S/C23H19F3N4OS/c24-23(25,26)17-8-4-5-14-13-16(9-11-28-18-10-12-29-21(32)20(18)27)30(22(31)19(14)17)15-6-2-1-3-7-15/h1-8,10,12-13H,9,11,27H2,(H2,28,29,32).